The zero-order valence-electron chi connectivity index (χ0n) is 14.3. The van der Waals surface area contributed by atoms with Crippen LogP contribution in [0.4, 0.5) is 0 Å². The number of carbonyl (C=O) groups is 1. The number of amides is 1. The summed E-state index contributed by atoms with van der Waals surface area (Å²) in [6.07, 6.45) is -0.526. The summed E-state index contributed by atoms with van der Waals surface area (Å²) >= 11 is 0. The molecule has 0 radical (unpaired) electrons. The molecule has 0 aliphatic carbocycles. The van der Waals surface area contributed by atoms with Crippen molar-refractivity contribution in [2.45, 2.75) is 54.1 Å². The number of aromatic nitrogens is 2. The molecule has 1 amide bonds. The molecule has 1 heterocycles. The first-order valence-corrected chi connectivity index (χ1v) is 7.55. The second-order valence-corrected chi connectivity index (χ2v) is 6.85. The highest BCUT2D eigenvalue weighted by molar-refractivity contribution is 5.78. The van der Waals surface area contributed by atoms with Crippen LogP contribution >= 0.6 is 0 Å². The minimum Gasteiger partial charge on any atom is -0.392 e. The molecule has 0 aliphatic heterocycles. The Balaban J connectivity index is 2.71. The number of H-pyrrole nitrogens is 1. The summed E-state index contributed by atoms with van der Waals surface area (Å²) in [5.41, 5.74) is 0.237. The number of nitrogens with zero attached hydrogens (tertiary/aromatic N) is 1. The van der Waals surface area contributed by atoms with Gasteiger partial charge in [0.05, 0.1) is 12.5 Å². The van der Waals surface area contributed by atoms with Crippen LogP contribution in [0.2, 0.25) is 0 Å². The zero-order chi connectivity index (χ0) is 17.1. The largest absolute Gasteiger partial charge is 0.392 e. The van der Waals surface area contributed by atoms with Gasteiger partial charge in [-0.05, 0) is 19.8 Å². The predicted octanol–water partition coefficient (Wildman–Crippen LogP) is 1.09. The van der Waals surface area contributed by atoms with E-state index in [1.54, 1.807) is 13.8 Å². The lowest BCUT2D eigenvalue weighted by atomic mass is 9.80. The summed E-state index contributed by atoms with van der Waals surface area (Å²) in [5, 5.41) is 13.0. The molecule has 6 nitrogen and oxygen atoms in total. The van der Waals surface area contributed by atoms with E-state index in [0.717, 1.165) is 0 Å². The highest BCUT2D eigenvalue weighted by atomic mass is 16.3. The first-order chi connectivity index (χ1) is 10.0. The summed E-state index contributed by atoms with van der Waals surface area (Å²) in [7, 11) is 0. The minimum atomic E-state index is -0.515. The fourth-order valence-electron chi connectivity index (χ4n) is 2.52. The fraction of sp³-hybridized carbons (Fsp3) is 0.688. The Kier molecular flexibility index (Phi) is 5.88. The van der Waals surface area contributed by atoms with Gasteiger partial charge in [-0.2, -0.15) is 0 Å². The molecule has 1 atom stereocenters. The van der Waals surface area contributed by atoms with Crippen molar-refractivity contribution in [3.63, 3.8) is 0 Å². The maximum atomic E-state index is 12.1. The van der Waals surface area contributed by atoms with E-state index in [-0.39, 0.29) is 23.8 Å². The van der Waals surface area contributed by atoms with Crippen molar-refractivity contribution >= 4 is 5.91 Å². The van der Waals surface area contributed by atoms with Crippen molar-refractivity contribution in [3.8, 4) is 0 Å². The molecule has 1 aromatic heterocycles. The van der Waals surface area contributed by atoms with Gasteiger partial charge in [-0.15, -0.1) is 0 Å². The third-order valence-electron chi connectivity index (χ3n) is 3.85. The molecule has 0 aliphatic rings. The van der Waals surface area contributed by atoms with E-state index in [9.17, 15) is 14.7 Å². The van der Waals surface area contributed by atoms with E-state index in [0.29, 0.717) is 23.6 Å². The molecule has 0 aromatic carbocycles. The molecule has 124 valence electrons. The van der Waals surface area contributed by atoms with Crippen molar-refractivity contribution in [2.24, 2.45) is 11.3 Å². The Hall–Kier alpha value is -1.69. The van der Waals surface area contributed by atoms with Gasteiger partial charge < -0.3 is 15.4 Å². The number of aliphatic hydroxyl groups is 1. The third-order valence-corrected chi connectivity index (χ3v) is 3.85. The monoisotopic (exact) mass is 309 g/mol. The Morgan fingerprint density at radius 1 is 1.36 bits per heavy atom. The summed E-state index contributed by atoms with van der Waals surface area (Å²) in [6.45, 7) is 11.5. The van der Waals surface area contributed by atoms with Crippen LogP contribution in [0.15, 0.2) is 4.79 Å². The van der Waals surface area contributed by atoms with Gasteiger partial charge >= 0.3 is 0 Å². The van der Waals surface area contributed by atoms with Gasteiger partial charge in [0.1, 0.15) is 5.82 Å². The molecule has 0 fully saturated rings. The summed E-state index contributed by atoms with van der Waals surface area (Å²) < 4.78 is 0. The summed E-state index contributed by atoms with van der Waals surface area (Å²) in [4.78, 5) is 30.7. The van der Waals surface area contributed by atoms with Crippen LogP contribution in [-0.4, -0.2) is 33.6 Å². The molecule has 0 spiro atoms. The van der Waals surface area contributed by atoms with E-state index in [2.05, 4.69) is 15.3 Å². The number of aliphatic hydroxyl groups excluding tert-OH is 1. The lowest BCUT2D eigenvalue weighted by Gasteiger charge is -2.33. The average molecular weight is 309 g/mol. The van der Waals surface area contributed by atoms with E-state index >= 15 is 0 Å². The van der Waals surface area contributed by atoms with Crippen molar-refractivity contribution in [2.75, 3.05) is 6.54 Å². The van der Waals surface area contributed by atoms with Gasteiger partial charge in [0.2, 0.25) is 5.91 Å². The fourth-order valence-corrected chi connectivity index (χ4v) is 2.52. The van der Waals surface area contributed by atoms with Crippen LogP contribution in [0.25, 0.3) is 0 Å². The van der Waals surface area contributed by atoms with E-state index < -0.39 is 11.5 Å². The number of rotatable bonds is 6. The zero-order valence-corrected chi connectivity index (χ0v) is 14.3. The van der Waals surface area contributed by atoms with E-state index in [4.69, 9.17) is 0 Å². The minimum absolute atomic E-state index is 0.0116. The van der Waals surface area contributed by atoms with Crippen LogP contribution in [0.1, 0.15) is 44.8 Å². The maximum absolute atomic E-state index is 12.1. The van der Waals surface area contributed by atoms with Gasteiger partial charge in [-0.25, -0.2) is 4.98 Å². The van der Waals surface area contributed by atoms with Crippen molar-refractivity contribution in [1.29, 1.82) is 0 Å². The number of nitrogens with one attached hydrogen (secondary N) is 2. The number of hydrogen-bond acceptors (Lipinski definition) is 4. The summed E-state index contributed by atoms with van der Waals surface area (Å²) in [6, 6.07) is 0. The average Bonchev–Trinajstić information content (AvgIpc) is 2.39. The van der Waals surface area contributed by atoms with Crippen LogP contribution in [0, 0.1) is 25.2 Å². The quantitative estimate of drug-likeness (QED) is 0.733. The highest BCUT2D eigenvalue weighted by Crippen LogP contribution is 2.25. The molecule has 0 saturated carbocycles. The topological polar surface area (TPSA) is 95.1 Å². The van der Waals surface area contributed by atoms with Gasteiger partial charge in [-0.3, -0.25) is 9.59 Å². The van der Waals surface area contributed by atoms with Gasteiger partial charge in [0.15, 0.2) is 0 Å². The predicted molar refractivity (Wildman–Crippen MR) is 85.7 cm³/mol. The molecule has 1 rings (SSSR count). The second kappa shape index (κ2) is 7.05. The first-order valence-electron chi connectivity index (χ1n) is 7.55. The standard InChI is InChI=1S/C16H27N3O3/c1-9(2)14(21)16(5,6)8-17-13(20)7-12-10(3)18-11(4)19-15(12)22/h9,14,21H,7-8H2,1-6H3,(H,17,20)(H,18,19,22). The third kappa shape index (κ3) is 4.66. The molecular formula is C16H27N3O3. The molecule has 1 unspecified atom stereocenters. The van der Waals surface area contributed by atoms with Crippen molar-refractivity contribution in [1.82, 2.24) is 15.3 Å². The molecule has 0 bridgehead atoms. The molecule has 22 heavy (non-hydrogen) atoms. The molecule has 3 N–H and O–H groups in total. The number of hydrogen-bond donors (Lipinski definition) is 3. The Bertz CT molecular complexity index is 591. The molecule has 6 heteroatoms. The lowest BCUT2D eigenvalue weighted by molar-refractivity contribution is -0.121. The summed E-state index contributed by atoms with van der Waals surface area (Å²) in [5.74, 6) is 0.398. The van der Waals surface area contributed by atoms with Crippen LogP contribution in [0.5, 0.6) is 0 Å². The highest BCUT2D eigenvalue weighted by Gasteiger charge is 2.30. The normalized spacial score (nSPS) is 13.3. The van der Waals surface area contributed by atoms with Gasteiger partial charge in [-0.1, -0.05) is 27.7 Å². The number of aryl methyl sites for hydroxylation is 2. The number of carbonyl (C=O) groups excluding carboxylic acids is 1. The van der Waals surface area contributed by atoms with Crippen molar-refractivity contribution in [3.05, 3.63) is 27.4 Å². The Labute approximate surface area is 131 Å². The Morgan fingerprint density at radius 2 is 1.95 bits per heavy atom. The van der Waals surface area contributed by atoms with Crippen LogP contribution in [-0.2, 0) is 11.2 Å². The van der Waals surface area contributed by atoms with E-state index in [1.807, 2.05) is 27.7 Å². The second-order valence-electron chi connectivity index (χ2n) is 6.85. The van der Waals surface area contributed by atoms with E-state index in [1.165, 1.54) is 0 Å². The first kappa shape index (κ1) is 18.4. The number of aromatic amines is 1. The maximum Gasteiger partial charge on any atom is 0.254 e. The molecular weight excluding hydrogens is 282 g/mol. The van der Waals surface area contributed by atoms with Crippen molar-refractivity contribution < 1.29 is 9.90 Å². The SMILES string of the molecule is Cc1nc(C)c(CC(=O)NCC(C)(C)C(O)C(C)C)c(=O)[nH]1. The molecule has 0 saturated heterocycles. The Morgan fingerprint density at radius 3 is 2.45 bits per heavy atom. The van der Waals surface area contributed by atoms with Gasteiger partial charge in [0, 0.05) is 23.2 Å². The smallest absolute Gasteiger partial charge is 0.254 e. The molecule has 1 aromatic rings. The van der Waals surface area contributed by atoms with Crippen LogP contribution in [0.3, 0.4) is 0 Å². The van der Waals surface area contributed by atoms with Gasteiger partial charge in [0.25, 0.3) is 5.56 Å². The van der Waals surface area contributed by atoms with Crippen LogP contribution < -0.4 is 10.9 Å². The lowest BCUT2D eigenvalue weighted by Crippen LogP contribution is -2.44.